The average Bonchev–Trinajstić information content (AvgIpc) is 2.32. The molecule has 0 aromatic heterocycles. The number of piperidine rings is 1. The summed E-state index contributed by atoms with van der Waals surface area (Å²) in [7, 11) is 0. The van der Waals surface area contributed by atoms with Crippen LogP contribution in [0.3, 0.4) is 0 Å². The summed E-state index contributed by atoms with van der Waals surface area (Å²) in [4.78, 5) is 14.4. The molecule has 3 nitrogen and oxygen atoms in total. The normalized spacial score (nSPS) is 24.1. The molecule has 1 heterocycles. The number of nitrogens with two attached hydrogens (primary N) is 1. The first-order valence-electron chi connectivity index (χ1n) is 6.64. The van der Waals surface area contributed by atoms with Gasteiger partial charge in [0.1, 0.15) is 0 Å². The summed E-state index contributed by atoms with van der Waals surface area (Å²) in [6.45, 7) is 8.17. The molecule has 0 aliphatic carbocycles. The molecule has 18 heavy (non-hydrogen) atoms. The number of aryl methyl sites for hydroxylation is 1. The maximum Gasteiger partial charge on any atom is 0.254 e. The SMILES string of the molecule is Cc1cc(N)ccc1C(=O)N1CCC(C)C(C)C1. The minimum absolute atomic E-state index is 0.145. The van der Waals surface area contributed by atoms with Gasteiger partial charge in [0.15, 0.2) is 0 Å². The molecule has 1 aromatic rings. The maximum atomic E-state index is 12.5. The lowest BCUT2D eigenvalue weighted by molar-refractivity contribution is 0.0627. The first-order valence-corrected chi connectivity index (χ1v) is 6.64. The van der Waals surface area contributed by atoms with Crippen LogP contribution in [0.2, 0.25) is 0 Å². The van der Waals surface area contributed by atoms with Crippen LogP contribution in [0.5, 0.6) is 0 Å². The molecule has 3 heteroatoms. The number of nitrogen functional groups attached to an aromatic ring is 1. The van der Waals surface area contributed by atoms with Crippen LogP contribution < -0.4 is 5.73 Å². The Kier molecular flexibility index (Phi) is 3.60. The Balaban J connectivity index is 2.16. The van der Waals surface area contributed by atoms with Crippen LogP contribution in [0, 0.1) is 18.8 Å². The van der Waals surface area contributed by atoms with Crippen molar-refractivity contribution in [2.75, 3.05) is 18.8 Å². The van der Waals surface area contributed by atoms with Gasteiger partial charge in [-0.2, -0.15) is 0 Å². The summed E-state index contributed by atoms with van der Waals surface area (Å²) in [5.41, 5.74) is 8.18. The quantitative estimate of drug-likeness (QED) is 0.774. The monoisotopic (exact) mass is 246 g/mol. The molecular formula is C15H22N2O. The molecule has 1 aliphatic rings. The molecule has 1 saturated heterocycles. The van der Waals surface area contributed by atoms with Gasteiger partial charge in [-0.1, -0.05) is 13.8 Å². The number of benzene rings is 1. The van der Waals surface area contributed by atoms with Gasteiger partial charge in [-0.05, 0) is 48.9 Å². The predicted molar refractivity (Wildman–Crippen MR) is 74.4 cm³/mol. The lowest BCUT2D eigenvalue weighted by Crippen LogP contribution is -2.42. The van der Waals surface area contributed by atoms with Crippen molar-refractivity contribution >= 4 is 11.6 Å². The van der Waals surface area contributed by atoms with Gasteiger partial charge in [-0.3, -0.25) is 4.79 Å². The standard InChI is InChI=1S/C15H22N2O/c1-10-6-7-17(9-12(10)3)15(18)14-5-4-13(16)8-11(14)2/h4-5,8,10,12H,6-7,9,16H2,1-3H3. The summed E-state index contributed by atoms with van der Waals surface area (Å²) in [6.07, 6.45) is 1.10. The van der Waals surface area contributed by atoms with Crippen LogP contribution >= 0.6 is 0 Å². The molecule has 98 valence electrons. The largest absolute Gasteiger partial charge is 0.399 e. The van der Waals surface area contributed by atoms with E-state index in [-0.39, 0.29) is 5.91 Å². The fourth-order valence-corrected chi connectivity index (χ4v) is 2.54. The third-order valence-electron chi connectivity index (χ3n) is 4.10. The Hall–Kier alpha value is -1.51. The third-order valence-corrected chi connectivity index (χ3v) is 4.10. The predicted octanol–water partition coefficient (Wildman–Crippen LogP) is 2.70. The Labute approximate surface area is 109 Å². The molecule has 2 unspecified atom stereocenters. The van der Waals surface area contributed by atoms with Gasteiger partial charge in [-0.15, -0.1) is 0 Å². The number of likely N-dealkylation sites (tertiary alicyclic amines) is 1. The fourth-order valence-electron chi connectivity index (χ4n) is 2.54. The Bertz CT molecular complexity index is 456. The van der Waals surface area contributed by atoms with Crippen molar-refractivity contribution in [1.29, 1.82) is 0 Å². The van der Waals surface area contributed by atoms with Crippen LogP contribution in [0.25, 0.3) is 0 Å². The van der Waals surface area contributed by atoms with Crippen molar-refractivity contribution in [3.63, 3.8) is 0 Å². The number of nitrogens with zero attached hydrogens (tertiary/aromatic N) is 1. The zero-order valence-corrected chi connectivity index (χ0v) is 11.4. The van der Waals surface area contributed by atoms with E-state index < -0.39 is 0 Å². The lowest BCUT2D eigenvalue weighted by Gasteiger charge is -2.35. The minimum atomic E-state index is 0.145. The first-order chi connectivity index (χ1) is 8.49. The van der Waals surface area contributed by atoms with Gasteiger partial charge < -0.3 is 10.6 Å². The molecule has 0 spiro atoms. The highest BCUT2D eigenvalue weighted by Crippen LogP contribution is 2.24. The zero-order chi connectivity index (χ0) is 13.3. The van der Waals surface area contributed by atoms with Gasteiger partial charge in [0.2, 0.25) is 0 Å². The Morgan fingerprint density at radius 1 is 1.33 bits per heavy atom. The second-order valence-electron chi connectivity index (χ2n) is 5.57. The zero-order valence-electron chi connectivity index (χ0n) is 11.4. The average molecular weight is 246 g/mol. The molecule has 1 amide bonds. The molecule has 2 atom stereocenters. The number of carbonyl (C=O) groups excluding carboxylic acids is 1. The molecule has 0 bridgehead atoms. The summed E-state index contributed by atoms with van der Waals surface area (Å²) < 4.78 is 0. The third kappa shape index (κ3) is 2.50. The number of rotatable bonds is 1. The van der Waals surface area contributed by atoms with Crippen LogP contribution in [0.4, 0.5) is 5.69 Å². The highest BCUT2D eigenvalue weighted by atomic mass is 16.2. The first kappa shape index (κ1) is 12.9. The minimum Gasteiger partial charge on any atom is -0.399 e. The van der Waals surface area contributed by atoms with Crippen molar-refractivity contribution in [3.8, 4) is 0 Å². The fraction of sp³-hybridized carbons (Fsp3) is 0.533. The van der Waals surface area contributed by atoms with E-state index in [1.165, 1.54) is 0 Å². The van der Waals surface area contributed by atoms with Crippen molar-refractivity contribution in [2.24, 2.45) is 11.8 Å². The van der Waals surface area contributed by atoms with Crippen molar-refractivity contribution in [3.05, 3.63) is 29.3 Å². The van der Waals surface area contributed by atoms with E-state index in [0.29, 0.717) is 17.5 Å². The second-order valence-corrected chi connectivity index (χ2v) is 5.57. The number of anilines is 1. The summed E-state index contributed by atoms with van der Waals surface area (Å²) in [5.74, 6) is 1.43. The highest BCUT2D eigenvalue weighted by Gasteiger charge is 2.27. The Morgan fingerprint density at radius 2 is 2.06 bits per heavy atom. The lowest BCUT2D eigenvalue weighted by atomic mass is 9.88. The van der Waals surface area contributed by atoms with Crippen LogP contribution in [0.1, 0.15) is 36.2 Å². The number of carbonyl (C=O) groups is 1. The molecule has 0 saturated carbocycles. The van der Waals surface area contributed by atoms with E-state index in [2.05, 4.69) is 13.8 Å². The van der Waals surface area contributed by atoms with E-state index in [9.17, 15) is 4.79 Å². The van der Waals surface area contributed by atoms with E-state index in [1.807, 2.05) is 24.0 Å². The maximum absolute atomic E-state index is 12.5. The van der Waals surface area contributed by atoms with Gasteiger partial charge in [0.05, 0.1) is 0 Å². The van der Waals surface area contributed by atoms with Crippen LogP contribution in [-0.2, 0) is 0 Å². The van der Waals surface area contributed by atoms with Gasteiger partial charge in [0, 0.05) is 24.3 Å². The smallest absolute Gasteiger partial charge is 0.254 e. The Morgan fingerprint density at radius 3 is 2.67 bits per heavy atom. The van der Waals surface area contributed by atoms with E-state index in [1.54, 1.807) is 6.07 Å². The number of hydrogen-bond acceptors (Lipinski definition) is 2. The molecule has 2 rings (SSSR count). The van der Waals surface area contributed by atoms with Crippen LogP contribution in [0.15, 0.2) is 18.2 Å². The van der Waals surface area contributed by atoms with Gasteiger partial charge in [-0.25, -0.2) is 0 Å². The molecule has 0 radical (unpaired) electrons. The molecule has 1 fully saturated rings. The summed E-state index contributed by atoms with van der Waals surface area (Å²) in [5, 5.41) is 0. The van der Waals surface area contributed by atoms with Crippen molar-refractivity contribution in [2.45, 2.75) is 27.2 Å². The number of hydrogen-bond donors (Lipinski definition) is 1. The molecule has 1 aromatic carbocycles. The molecule has 1 aliphatic heterocycles. The summed E-state index contributed by atoms with van der Waals surface area (Å²) >= 11 is 0. The summed E-state index contributed by atoms with van der Waals surface area (Å²) in [6, 6.07) is 5.51. The number of amides is 1. The topological polar surface area (TPSA) is 46.3 Å². The van der Waals surface area contributed by atoms with Gasteiger partial charge in [0.25, 0.3) is 5.91 Å². The van der Waals surface area contributed by atoms with Crippen LogP contribution in [-0.4, -0.2) is 23.9 Å². The van der Waals surface area contributed by atoms with E-state index in [0.717, 1.165) is 30.6 Å². The van der Waals surface area contributed by atoms with Gasteiger partial charge >= 0.3 is 0 Å². The molecule has 2 N–H and O–H groups in total. The molecular weight excluding hydrogens is 224 g/mol. The van der Waals surface area contributed by atoms with E-state index >= 15 is 0 Å². The van der Waals surface area contributed by atoms with Crippen molar-refractivity contribution < 1.29 is 4.79 Å². The second kappa shape index (κ2) is 5.01. The van der Waals surface area contributed by atoms with E-state index in [4.69, 9.17) is 5.73 Å². The highest BCUT2D eigenvalue weighted by molar-refractivity contribution is 5.96. The van der Waals surface area contributed by atoms with Crippen molar-refractivity contribution in [1.82, 2.24) is 4.90 Å².